The summed E-state index contributed by atoms with van der Waals surface area (Å²) in [6.45, 7) is 2.30. The number of aryl methyl sites for hydroxylation is 1. The number of aromatic nitrogens is 4. The summed E-state index contributed by atoms with van der Waals surface area (Å²) >= 11 is 1.04. The lowest BCUT2D eigenvalue weighted by atomic mass is 10.2. The monoisotopic (exact) mass is 495 g/mol. The normalized spacial score (nSPS) is 11.0. The fourth-order valence-corrected chi connectivity index (χ4v) is 4.25. The zero-order valence-electron chi connectivity index (χ0n) is 19.2. The quantitative estimate of drug-likeness (QED) is 0.310. The van der Waals surface area contributed by atoms with E-state index in [1.54, 1.807) is 24.3 Å². The highest BCUT2D eigenvalue weighted by Crippen LogP contribution is 2.28. The van der Waals surface area contributed by atoms with E-state index in [2.05, 4.69) is 15.3 Å². The molecule has 0 unspecified atom stereocenters. The highest BCUT2D eigenvalue weighted by molar-refractivity contribution is 8.00. The number of fused-ring (bicyclic) bond motifs is 1. The van der Waals surface area contributed by atoms with Crippen LogP contribution in [0.3, 0.4) is 0 Å². The molecule has 35 heavy (non-hydrogen) atoms. The second-order valence-corrected chi connectivity index (χ2v) is 8.49. The fourth-order valence-electron chi connectivity index (χ4n) is 3.43. The lowest BCUT2D eigenvalue weighted by molar-refractivity contribution is -0.113. The number of nitrogens with zero attached hydrogens (tertiary/aromatic N) is 4. The van der Waals surface area contributed by atoms with Gasteiger partial charge in [-0.25, -0.2) is 19.2 Å². The van der Waals surface area contributed by atoms with Gasteiger partial charge in [-0.2, -0.15) is 0 Å². The molecule has 2 aromatic heterocycles. The number of carbonyl (C=O) groups excluding carboxylic acids is 1. The predicted octanol–water partition coefficient (Wildman–Crippen LogP) is 2.96. The number of thioether (sulfide) groups is 1. The molecule has 9 nitrogen and oxygen atoms in total. The summed E-state index contributed by atoms with van der Waals surface area (Å²) in [7, 11) is 2.86. The van der Waals surface area contributed by atoms with E-state index in [0.29, 0.717) is 23.6 Å². The second-order valence-electron chi connectivity index (χ2n) is 7.53. The summed E-state index contributed by atoms with van der Waals surface area (Å²) in [5, 5.41) is 3.16. The van der Waals surface area contributed by atoms with E-state index in [1.165, 1.54) is 42.9 Å². The largest absolute Gasteiger partial charge is 0.492 e. The lowest BCUT2D eigenvalue weighted by Crippen LogP contribution is -2.37. The highest BCUT2D eigenvalue weighted by atomic mass is 32.2. The molecule has 1 amide bonds. The standard InChI is InChI=1S/C24H22FN5O4S/c1-4-34-17-8-6-5-7-16(17)26-18(31)13-35-22-19-21(29(2)24(33)30(3)23(19)32)27-20(28-22)14-9-11-15(25)12-10-14/h5-12H,4,13H2,1-3H3,(H,26,31). The van der Waals surface area contributed by atoms with Crippen LogP contribution in [0.5, 0.6) is 5.75 Å². The molecule has 0 saturated carbocycles. The third-order valence-corrected chi connectivity index (χ3v) is 6.15. The van der Waals surface area contributed by atoms with Crippen LogP contribution in [0.1, 0.15) is 6.92 Å². The van der Waals surface area contributed by atoms with Crippen LogP contribution in [-0.2, 0) is 18.9 Å². The maximum absolute atomic E-state index is 13.4. The van der Waals surface area contributed by atoms with E-state index < -0.39 is 17.1 Å². The Kier molecular flexibility index (Phi) is 6.97. The summed E-state index contributed by atoms with van der Waals surface area (Å²) < 4.78 is 21.2. The van der Waals surface area contributed by atoms with Crippen LogP contribution >= 0.6 is 11.8 Å². The van der Waals surface area contributed by atoms with Crippen molar-refractivity contribution in [2.75, 3.05) is 17.7 Å². The van der Waals surface area contributed by atoms with E-state index in [4.69, 9.17) is 4.74 Å². The average molecular weight is 496 g/mol. The number of hydrogen-bond acceptors (Lipinski definition) is 7. The van der Waals surface area contributed by atoms with Crippen molar-refractivity contribution in [1.29, 1.82) is 0 Å². The topological polar surface area (TPSA) is 108 Å². The molecule has 0 saturated heterocycles. The van der Waals surface area contributed by atoms with Crippen molar-refractivity contribution in [2.24, 2.45) is 14.1 Å². The molecule has 4 aromatic rings. The first kappa shape index (κ1) is 24.1. The molecule has 0 aliphatic rings. The zero-order valence-corrected chi connectivity index (χ0v) is 20.1. The van der Waals surface area contributed by atoms with E-state index in [1.807, 2.05) is 6.92 Å². The average Bonchev–Trinajstić information content (AvgIpc) is 2.86. The minimum absolute atomic E-state index is 0.0680. The van der Waals surface area contributed by atoms with Gasteiger partial charge >= 0.3 is 5.69 Å². The Morgan fingerprint density at radius 3 is 2.49 bits per heavy atom. The van der Waals surface area contributed by atoms with Gasteiger partial charge in [-0.05, 0) is 43.3 Å². The summed E-state index contributed by atoms with van der Waals surface area (Å²) in [5.41, 5.74) is 0.0269. The van der Waals surface area contributed by atoms with E-state index in [-0.39, 0.29) is 33.5 Å². The van der Waals surface area contributed by atoms with Gasteiger partial charge < -0.3 is 10.1 Å². The van der Waals surface area contributed by atoms with Gasteiger partial charge in [0.05, 0.1) is 18.0 Å². The van der Waals surface area contributed by atoms with E-state index >= 15 is 0 Å². The van der Waals surface area contributed by atoms with Crippen LogP contribution in [0.2, 0.25) is 0 Å². The molecule has 0 bridgehead atoms. The van der Waals surface area contributed by atoms with Crippen molar-refractivity contribution in [1.82, 2.24) is 19.1 Å². The van der Waals surface area contributed by atoms with Crippen molar-refractivity contribution in [3.63, 3.8) is 0 Å². The van der Waals surface area contributed by atoms with Gasteiger partial charge in [0.15, 0.2) is 11.5 Å². The molecule has 0 radical (unpaired) electrons. The van der Waals surface area contributed by atoms with Crippen LogP contribution in [0.15, 0.2) is 63.1 Å². The third-order valence-electron chi connectivity index (χ3n) is 5.17. The first-order chi connectivity index (χ1) is 16.8. The maximum atomic E-state index is 13.4. The molecule has 0 aliphatic carbocycles. The van der Waals surface area contributed by atoms with E-state index in [0.717, 1.165) is 16.3 Å². The smallest absolute Gasteiger partial charge is 0.332 e. The number of rotatable bonds is 7. The molecule has 0 atom stereocenters. The van der Waals surface area contributed by atoms with Crippen LogP contribution in [0.25, 0.3) is 22.4 Å². The minimum atomic E-state index is -0.571. The van der Waals surface area contributed by atoms with Crippen molar-refractivity contribution in [3.8, 4) is 17.1 Å². The molecule has 0 spiro atoms. The molecular weight excluding hydrogens is 473 g/mol. The van der Waals surface area contributed by atoms with Crippen molar-refractivity contribution < 1.29 is 13.9 Å². The Morgan fingerprint density at radius 2 is 1.77 bits per heavy atom. The Labute approximate surface area is 203 Å². The van der Waals surface area contributed by atoms with Gasteiger partial charge in [0.2, 0.25) is 5.91 Å². The number of benzene rings is 2. The minimum Gasteiger partial charge on any atom is -0.492 e. The molecule has 2 aromatic carbocycles. The Morgan fingerprint density at radius 1 is 1.06 bits per heavy atom. The van der Waals surface area contributed by atoms with Crippen LogP contribution in [-0.4, -0.2) is 37.4 Å². The summed E-state index contributed by atoms with van der Waals surface area (Å²) in [5.74, 6) is -0.0801. The SMILES string of the molecule is CCOc1ccccc1NC(=O)CSc1nc(-c2ccc(F)cc2)nc2c1c(=O)n(C)c(=O)n2C. The summed E-state index contributed by atoms with van der Waals surface area (Å²) in [4.78, 5) is 47.1. The molecule has 4 rings (SSSR count). The van der Waals surface area contributed by atoms with Gasteiger partial charge in [0.1, 0.15) is 22.0 Å². The Bertz CT molecular complexity index is 1530. The fraction of sp³-hybridized carbons (Fsp3) is 0.208. The first-order valence-corrected chi connectivity index (χ1v) is 11.7. The number of hydrogen-bond donors (Lipinski definition) is 1. The van der Waals surface area contributed by atoms with Crippen molar-refractivity contribution in [3.05, 3.63) is 75.2 Å². The zero-order chi connectivity index (χ0) is 25.1. The Hall–Kier alpha value is -3.99. The number of ether oxygens (including phenoxy) is 1. The number of halogens is 1. The molecule has 2 heterocycles. The van der Waals surface area contributed by atoms with Crippen molar-refractivity contribution in [2.45, 2.75) is 11.9 Å². The molecule has 11 heteroatoms. The van der Waals surface area contributed by atoms with Gasteiger partial charge in [0.25, 0.3) is 5.56 Å². The number of para-hydroxylation sites is 2. The van der Waals surface area contributed by atoms with Gasteiger partial charge in [0, 0.05) is 19.7 Å². The van der Waals surface area contributed by atoms with Gasteiger partial charge in [-0.3, -0.25) is 18.7 Å². The summed E-state index contributed by atoms with van der Waals surface area (Å²) in [6, 6.07) is 12.6. The molecule has 1 N–H and O–H groups in total. The predicted molar refractivity (Wildman–Crippen MR) is 132 cm³/mol. The number of amides is 1. The lowest BCUT2D eigenvalue weighted by Gasteiger charge is -2.13. The third kappa shape index (κ3) is 4.94. The van der Waals surface area contributed by atoms with Crippen molar-refractivity contribution >= 4 is 34.4 Å². The molecule has 0 fully saturated rings. The van der Waals surface area contributed by atoms with Crippen LogP contribution in [0, 0.1) is 5.82 Å². The number of carbonyl (C=O) groups is 1. The molecule has 0 aliphatic heterocycles. The highest BCUT2D eigenvalue weighted by Gasteiger charge is 2.19. The maximum Gasteiger partial charge on any atom is 0.332 e. The van der Waals surface area contributed by atoms with Gasteiger partial charge in [-0.1, -0.05) is 23.9 Å². The molecule has 180 valence electrons. The van der Waals surface area contributed by atoms with Crippen LogP contribution in [0.4, 0.5) is 10.1 Å². The van der Waals surface area contributed by atoms with E-state index in [9.17, 15) is 18.8 Å². The number of anilines is 1. The van der Waals surface area contributed by atoms with Crippen LogP contribution < -0.4 is 21.3 Å². The second kappa shape index (κ2) is 10.1. The molecular formula is C24H22FN5O4S. The Balaban J connectivity index is 1.73. The van der Waals surface area contributed by atoms with Gasteiger partial charge in [-0.15, -0.1) is 0 Å². The summed E-state index contributed by atoms with van der Waals surface area (Å²) in [6.07, 6.45) is 0. The number of nitrogens with one attached hydrogen (secondary N) is 1. The first-order valence-electron chi connectivity index (χ1n) is 10.7.